The first-order valence-electron chi connectivity index (χ1n) is 46.0. The average molecular weight is 2030 g/mol. The maximum atomic E-state index is 13.8. The molecule has 0 bridgehead atoms. The van der Waals surface area contributed by atoms with Gasteiger partial charge in [0.25, 0.3) is 5.91 Å². The van der Waals surface area contributed by atoms with Crippen molar-refractivity contribution >= 4 is 200 Å². The summed E-state index contributed by atoms with van der Waals surface area (Å²) in [5.41, 5.74) is 8.91. The fourth-order valence-corrected chi connectivity index (χ4v) is 20.6. The third-order valence-corrected chi connectivity index (χ3v) is 27.6. The summed E-state index contributed by atoms with van der Waals surface area (Å²) in [5, 5.41) is 37.0. The summed E-state index contributed by atoms with van der Waals surface area (Å²) >= 11 is 20.1. The summed E-state index contributed by atoms with van der Waals surface area (Å²) in [7, 11) is 6.33. The van der Waals surface area contributed by atoms with Crippen LogP contribution in [0.5, 0.6) is 18.0 Å². The summed E-state index contributed by atoms with van der Waals surface area (Å²) in [4.78, 5) is 92.5. The first-order valence-corrected chi connectivity index (χ1v) is 45.6. The van der Waals surface area contributed by atoms with Crippen molar-refractivity contribution in [2.24, 2.45) is 0 Å². The Morgan fingerprint density at radius 2 is 0.772 bits per heavy atom. The van der Waals surface area contributed by atoms with Crippen molar-refractivity contribution in [3.05, 3.63) is 195 Å². The number of allylic oxidation sites excluding steroid dienone is 1. The minimum absolute atomic E-state index is 0. The van der Waals surface area contributed by atoms with Crippen molar-refractivity contribution in [3.63, 3.8) is 0 Å². The molecule has 9 aliphatic heterocycles. The van der Waals surface area contributed by atoms with E-state index in [2.05, 4.69) is 151 Å². The second-order valence-electron chi connectivity index (χ2n) is 34.4. The number of benzene rings is 6. The van der Waals surface area contributed by atoms with Crippen LogP contribution in [0.15, 0.2) is 146 Å². The molecule has 728 valence electrons. The standard InChI is InChI=1S/C33H37ClFN7O2.C32H35ClFN7O2.C32H36ClN7O2.CH4.6H2S/c1-39-16-5-8-25(39)22-44-33-37-28-21-40(29-10-3-7-23-6-2-9-27(34)31(23)29)17-13-26(28)32(38-33)41-18-19-42(24(20-41)12-15-36)30(43)11-4-14-35;1-21(34)31(42)41-17-16-40(18-23(41)11-13-35)30-25-12-15-39(28-10-4-7-22-6-3-9-26(33)29(22)28)19-27(25)36-32(37-30)43-20-24-8-5-14-38(24)2;1-3-29(41)40-18-17-39(19-23(40)12-14-34)31-25-13-16-38(28-11-5-8-22-7-4-10-26(33)30(22)28)20-27(25)35-32(36-31)42-21-24-9-6-15-37(24)2;;;;;;;/h2-4,6-7,9-11,24-25H,5,8,12-14,16-22H2,1H3;3-4,6-7,9-10,23-24H,1,5,8,11-12,14-20H2,2H3;3-5,7-8,10-11,23-24H,1,6,9,12-13,15-21H2,2H3;1H4;6*1H2/b11-4+;;;;;;;;;/t24-,25-;2*23-,24-;;;;;;;/m000......./s1/i;;1D2,3D;;;;;;;. The highest BCUT2D eigenvalue weighted by atomic mass is 35.5. The van der Waals surface area contributed by atoms with Crippen LogP contribution in [-0.2, 0) is 53.3 Å². The molecule has 0 N–H and O–H groups in total. The summed E-state index contributed by atoms with van der Waals surface area (Å²) in [6.07, 6.45) is 11.5. The number of amides is 3. The van der Waals surface area contributed by atoms with E-state index in [1.54, 1.807) is 4.90 Å². The van der Waals surface area contributed by atoms with E-state index >= 15 is 0 Å². The Morgan fingerprint density at radius 1 is 0.456 bits per heavy atom. The molecule has 0 spiro atoms. The number of hydrogen-bond donors (Lipinski definition) is 0. The fourth-order valence-electron chi connectivity index (χ4n) is 19.7. The van der Waals surface area contributed by atoms with Gasteiger partial charge in [-0.05, 0) is 163 Å². The van der Waals surface area contributed by atoms with E-state index in [9.17, 15) is 39.0 Å². The van der Waals surface area contributed by atoms with Crippen LogP contribution in [0.4, 0.5) is 43.3 Å². The van der Waals surface area contributed by atoms with Crippen molar-refractivity contribution in [1.29, 1.82) is 15.8 Å². The number of carbonyl (C=O) groups is 3. The van der Waals surface area contributed by atoms with E-state index < -0.39 is 49.0 Å². The van der Waals surface area contributed by atoms with E-state index in [0.29, 0.717) is 149 Å². The van der Waals surface area contributed by atoms with Gasteiger partial charge in [0.15, 0.2) is 5.83 Å². The number of alkyl halides is 1. The van der Waals surface area contributed by atoms with Gasteiger partial charge < -0.3 is 73.0 Å². The van der Waals surface area contributed by atoms with Crippen LogP contribution in [-0.4, -0.2) is 259 Å². The lowest BCUT2D eigenvalue weighted by Gasteiger charge is -2.42. The zero-order valence-electron chi connectivity index (χ0n) is 79.0. The molecule has 136 heavy (non-hydrogen) atoms. The van der Waals surface area contributed by atoms with Crippen LogP contribution in [0.3, 0.4) is 0 Å². The van der Waals surface area contributed by atoms with Crippen LogP contribution >= 0.6 is 116 Å². The molecule has 3 aromatic heterocycles. The Kier molecular flexibility index (Phi) is 39.3. The Hall–Kier alpha value is -9.65. The van der Waals surface area contributed by atoms with Gasteiger partial charge in [0, 0.05) is 153 Å². The molecule has 38 heteroatoms. The quantitative estimate of drug-likeness (QED) is 0.0571. The van der Waals surface area contributed by atoms with Crippen LogP contribution in [0, 0.1) is 34.0 Å². The number of carbonyl (C=O) groups excluding carboxylic acids is 3. The third kappa shape index (κ3) is 24.8. The zero-order valence-corrected chi connectivity index (χ0v) is 84.3. The maximum Gasteiger partial charge on any atom is 0.318 e. The molecule has 3 amide bonds. The van der Waals surface area contributed by atoms with Gasteiger partial charge in [0.05, 0.1) is 111 Å². The van der Waals surface area contributed by atoms with Crippen LogP contribution in [0.1, 0.15) is 103 Å². The van der Waals surface area contributed by atoms with E-state index in [1.807, 2.05) is 48.5 Å². The number of nitriles is 3. The molecule has 27 nitrogen and oxygen atoms in total. The molecule has 0 saturated carbocycles. The smallest absolute Gasteiger partial charge is 0.318 e. The van der Waals surface area contributed by atoms with Crippen LogP contribution in [0.2, 0.25) is 15.1 Å². The molecule has 9 aliphatic rings. The molecule has 6 aromatic carbocycles. The van der Waals surface area contributed by atoms with E-state index in [1.165, 1.54) is 22.0 Å². The number of anilines is 6. The van der Waals surface area contributed by atoms with Gasteiger partial charge in [-0.2, -0.15) is 127 Å². The maximum absolute atomic E-state index is 13.8. The van der Waals surface area contributed by atoms with Gasteiger partial charge in [-0.3, -0.25) is 14.4 Å². The Morgan fingerprint density at radius 3 is 1.07 bits per heavy atom. The first kappa shape index (κ1) is 105. The van der Waals surface area contributed by atoms with Crippen molar-refractivity contribution in [2.45, 2.75) is 140 Å². The van der Waals surface area contributed by atoms with Crippen LogP contribution in [0.25, 0.3) is 32.3 Å². The molecule has 18 rings (SSSR count). The van der Waals surface area contributed by atoms with E-state index in [0.717, 1.165) is 185 Å². The van der Waals surface area contributed by atoms with Crippen molar-refractivity contribution in [1.82, 2.24) is 59.3 Å². The van der Waals surface area contributed by atoms with Gasteiger partial charge in [0.1, 0.15) is 43.9 Å². The van der Waals surface area contributed by atoms with Gasteiger partial charge in [-0.15, -0.1) is 0 Å². The molecule has 0 radical (unpaired) electrons. The monoisotopic (exact) mass is 2030 g/mol. The molecule has 0 aliphatic carbocycles. The lowest BCUT2D eigenvalue weighted by Crippen LogP contribution is -2.55. The number of nitrogens with zero attached hydrogens (tertiary/aromatic N) is 21. The molecule has 6 fully saturated rings. The summed E-state index contributed by atoms with van der Waals surface area (Å²) in [6.45, 7) is 13.6. The van der Waals surface area contributed by atoms with Gasteiger partial charge in [0.2, 0.25) is 11.8 Å². The number of likely N-dealkylation sites (N-methyl/N-ethyl adjacent to an activating group) is 3. The number of likely N-dealkylation sites (tertiary alicyclic amines) is 3. The Labute approximate surface area is 857 Å². The van der Waals surface area contributed by atoms with Crippen LogP contribution < -0.4 is 43.6 Å². The largest absolute Gasteiger partial charge is 0.462 e. The number of rotatable bonds is 22. The molecule has 6 saturated heterocycles. The fraction of sp³-hybridized carbons (Fsp3) is 0.449. The number of hydrogen-bond acceptors (Lipinski definition) is 24. The molecule has 9 aromatic rings. The molecule has 6 atom stereocenters. The third-order valence-electron chi connectivity index (χ3n) is 26.6. The lowest BCUT2D eigenvalue weighted by atomic mass is 10.0. The topological polar surface area (TPSA) is 266 Å². The summed E-state index contributed by atoms with van der Waals surface area (Å²) in [5.74, 6) is -0.464. The van der Waals surface area contributed by atoms with Crippen molar-refractivity contribution in [3.8, 4) is 36.2 Å². The Balaban J connectivity index is 0.000000228. The molecule has 12 heterocycles. The number of halogens is 5. The number of fused-ring (bicyclic) bond motifs is 6. The number of piperazine rings is 3. The van der Waals surface area contributed by atoms with Gasteiger partial charge in [-0.1, -0.05) is 128 Å². The SMILES string of the molecule is C.C=C(F)C(=O)N1CCN(c2nc(OC[C@@H]3CCCN3C)nc3c2CCN(c2cccc4cccc(Cl)c24)C3)C[C@@H]1CC#N.CN1CCC[C@H]1COc1nc2c(c(N3CCN(C(=O)/C=C/CF)[C@@H](CC#N)C3)n1)CCN(c1cccc3cccc(Cl)c13)C2.S.S.S.S.S.S.[2H]C([2H])=C([2H])C(=O)N1CCN(c2nc(OC[C@@H]3CCCN3C)nc3c2CCN(c2cccc4cccc(Cl)c24)C3)C[C@@H]1CC#N. The summed E-state index contributed by atoms with van der Waals surface area (Å²) < 4.78 is 68.1. The van der Waals surface area contributed by atoms with Crippen molar-refractivity contribution < 1.29 is 41.5 Å². The molecular weight excluding hydrogens is 1900 g/mol. The highest BCUT2D eigenvalue weighted by molar-refractivity contribution is 7.60. The molecule has 0 unspecified atom stereocenters. The zero-order chi connectivity index (χ0) is 92.4. The summed E-state index contributed by atoms with van der Waals surface area (Å²) in [6, 6.07) is 42.9. The minimum atomic E-state index is -1.02. The van der Waals surface area contributed by atoms with Gasteiger partial charge in [-0.25, -0.2) is 8.78 Å². The second kappa shape index (κ2) is 50.8. The Bertz CT molecular complexity index is 6020. The van der Waals surface area contributed by atoms with E-state index in [4.69, 9.17) is 83.0 Å². The van der Waals surface area contributed by atoms with Crippen molar-refractivity contribution in [2.75, 3.05) is 175 Å². The lowest BCUT2D eigenvalue weighted by molar-refractivity contribution is -0.131. The molecular formula is C98H124Cl3F2N21O6S6. The predicted octanol–water partition coefficient (Wildman–Crippen LogP) is 15.3. The second-order valence-corrected chi connectivity index (χ2v) is 35.6. The normalized spacial score (nSPS) is 19.9. The first-order chi connectivity index (χ1) is 64.0. The number of aromatic nitrogens is 6. The predicted molar refractivity (Wildman–Crippen MR) is 569 cm³/mol. The van der Waals surface area contributed by atoms with E-state index in [-0.39, 0.29) is 133 Å². The minimum Gasteiger partial charge on any atom is -0.462 e. The van der Waals surface area contributed by atoms with Gasteiger partial charge >= 0.3 is 18.0 Å². The number of ether oxygens (including phenoxy) is 3. The highest BCUT2D eigenvalue weighted by Gasteiger charge is 2.40. The average Bonchev–Trinajstić information content (AvgIpc) is 1.11. The highest BCUT2D eigenvalue weighted by Crippen LogP contribution is 2.43.